The minimum absolute atomic E-state index is 0.0982. The third-order valence-corrected chi connectivity index (χ3v) is 4.09. The lowest BCUT2D eigenvalue weighted by molar-refractivity contribution is -0.120. The Balaban J connectivity index is 1.83. The summed E-state index contributed by atoms with van der Waals surface area (Å²) in [5.74, 6) is 1.20. The first-order chi connectivity index (χ1) is 10.9. The first-order valence-corrected chi connectivity index (χ1v) is 7.56. The van der Waals surface area contributed by atoms with Crippen LogP contribution >= 0.6 is 11.6 Å². The number of alkyl halides is 2. The Labute approximate surface area is 137 Å². The van der Waals surface area contributed by atoms with Crippen LogP contribution in [0, 0.1) is 12.3 Å². The summed E-state index contributed by atoms with van der Waals surface area (Å²) in [4.78, 5) is 26.0. The van der Waals surface area contributed by atoms with E-state index in [1.165, 1.54) is 24.3 Å². The molecule has 3 rings (SSSR count). The molecule has 1 aromatic rings. The van der Waals surface area contributed by atoms with Gasteiger partial charge in [0.05, 0.1) is 5.69 Å². The lowest BCUT2D eigenvalue weighted by Gasteiger charge is -2.17. The van der Waals surface area contributed by atoms with Crippen LogP contribution in [0.5, 0.6) is 5.75 Å². The average molecular weight is 334 g/mol. The summed E-state index contributed by atoms with van der Waals surface area (Å²) >= 11 is 5.30. The van der Waals surface area contributed by atoms with Crippen LogP contribution in [0.15, 0.2) is 35.4 Å². The number of halogens is 2. The fourth-order valence-corrected chi connectivity index (χ4v) is 2.90. The molecule has 1 unspecified atom stereocenters. The van der Waals surface area contributed by atoms with Crippen molar-refractivity contribution in [3.8, 4) is 18.1 Å². The Morgan fingerprint density at radius 1 is 1.13 bits per heavy atom. The topological polar surface area (TPSA) is 46.6 Å². The van der Waals surface area contributed by atoms with Gasteiger partial charge in [-0.2, -0.15) is 4.39 Å². The van der Waals surface area contributed by atoms with Crippen molar-refractivity contribution in [1.82, 2.24) is 0 Å². The molecule has 0 radical (unpaired) electrons. The highest BCUT2D eigenvalue weighted by atomic mass is 35.5. The zero-order valence-corrected chi connectivity index (χ0v) is 12.9. The Morgan fingerprint density at radius 3 is 2.13 bits per heavy atom. The van der Waals surface area contributed by atoms with Crippen LogP contribution in [-0.2, 0) is 9.59 Å². The number of rotatable bonds is 3. The Morgan fingerprint density at radius 2 is 1.65 bits per heavy atom. The SMILES string of the molecule is C#CC(F)(Cl)Oc1ccc(N2C(=O)C3=C(CCCC3)C2=O)cc1. The second kappa shape index (κ2) is 5.71. The zero-order valence-electron chi connectivity index (χ0n) is 12.1. The number of carbonyl (C=O) groups excluding carboxylic acids is 2. The first kappa shape index (κ1) is 15.6. The van der Waals surface area contributed by atoms with Gasteiger partial charge >= 0.3 is 5.31 Å². The van der Waals surface area contributed by atoms with Crippen molar-refractivity contribution in [2.24, 2.45) is 0 Å². The molecule has 0 aromatic heterocycles. The molecule has 1 atom stereocenters. The van der Waals surface area contributed by atoms with Crippen molar-refractivity contribution in [2.75, 3.05) is 4.90 Å². The molecule has 0 fully saturated rings. The van der Waals surface area contributed by atoms with Crippen molar-refractivity contribution in [3.05, 3.63) is 35.4 Å². The molecule has 1 aliphatic carbocycles. The highest BCUT2D eigenvalue weighted by Gasteiger charge is 2.39. The van der Waals surface area contributed by atoms with Crippen molar-refractivity contribution >= 4 is 29.1 Å². The van der Waals surface area contributed by atoms with E-state index in [4.69, 9.17) is 22.8 Å². The van der Waals surface area contributed by atoms with Crippen LogP contribution < -0.4 is 9.64 Å². The van der Waals surface area contributed by atoms with E-state index in [2.05, 4.69) is 0 Å². The average Bonchev–Trinajstić information content (AvgIpc) is 2.80. The quantitative estimate of drug-likeness (QED) is 0.484. The van der Waals surface area contributed by atoms with Gasteiger partial charge in [0.15, 0.2) is 0 Å². The standard InChI is InChI=1S/C17H13ClFNO3/c1-2-17(18,19)23-12-9-7-11(8-10-12)20-15(21)13-5-3-4-6-14(13)16(20)22/h1,7-10H,3-6H2. The number of anilines is 1. The van der Waals surface area contributed by atoms with Gasteiger partial charge in [0.2, 0.25) is 0 Å². The van der Waals surface area contributed by atoms with Crippen molar-refractivity contribution in [1.29, 1.82) is 0 Å². The van der Waals surface area contributed by atoms with Gasteiger partial charge < -0.3 is 4.74 Å². The zero-order chi connectivity index (χ0) is 16.6. The highest BCUT2D eigenvalue weighted by Crippen LogP contribution is 2.36. The summed E-state index contributed by atoms with van der Waals surface area (Å²) in [6.07, 6.45) is 8.00. The van der Waals surface area contributed by atoms with E-state index >= 15 is 0 Å². The number of nitrogens with zero attached hydrogens (tertiary/aromatic N) is 1. The van der Waals surface area contributed by atoms with Crippen LogP contribution in [-0.4, -0.2) is 17.1 Å². The monoisotopic (exact) mass is 333 g/mol. The van der Waals surface area contributed by atoms with Crippen LogP contribution in [0.25, 0.3) is 0 Å². The number of imide groups is 1. The maximum atomic E-state index is 13.4. The van der Waals surface area contributed by atoms with Crippen molar-refractivity contribution < 1.29 is 18.7 Å². The molecule has 2 amide bonds. The molecule has 6 heteroatoms. The van der Waals surface area contributed by atoms with Gasteiger partial charge in [-0.15, -0.1) is 6.42 Å². The Bertz CT molecular complexity index is 718. The minimum atomic E-state index is -2.73. The van der Waals surface area contributed by atoms with E-state index in [-0.39, 0.29) is 17.6 Å². The van der Waals surface area contributed by atoms with Crippen LogP contribution in [0.4, 0.5) is 10.1 Å². The molecule has 4 nitrogen and oxygen atoms in total. The molecular weight excluding hydrogens is 321 g/mol. The summed E-state index contributed by atoms with van der Waals surface area (Å²) in [6, 6.07) is 5.79. The molecule has 0 spiro atoms. The number of terminal acetylenes is 1. The van der Waals surface area contributed by atoms with Gasteiger partial charge in [-0.3, -0.25) is 9.59 Å². The predicted molar refractivity (Wildman–Crippen MR) is 83.6 cm³/mol. The molecule has 1 heterocycles. The maximum absolute atomic E-state index is 13.4. The second-order valence-corrected chi connectivity index (χ2v) is 5.85. The Kier molecular flexibility index (Phi) is 3.87. The molecular formula is C17H13ClFNO3. The molecule has 0 N–H and O–H groups in total. The maximum Gasteiger partial charge on any atom is 0.393 e. The molecule has 0 saturated heterocycles. The lowest BCUT2D eigenvalue weighted by atomic mass is 9.93. The molecule has 23 heavy (non-hydrogen) atoms. The summed E-state index contributed by atoms with van der Waals surface area (Å²) in [6.45, 7) is 0. The van der Waals surface area contributed by atoms with Crippen LogP contribution in [0.2, 0.25) is 0 Å². The third kappa shape index (κ3) is 2.82. The normalized spacial score (nSPS) is 20.1. The van der Waals surface area contributed by atoms with Crippen molar-refractivity contribution in [3.63, 3.8) is 0 Å². The van der Waals surface area contributed by atoms with Gasteiger partial charge in [-0.05, 0) is 67.5 Å². The van der Waals surface area contributed by atoms with E-state index in [1.807, 2.05) is 0 Å². The fourth-order valence-electron chi connectivity index (χ4n) is 2.81. The smallest absolute Gasteiger partial charge is 0.393 e. The van der Waals surface area contributed by atoms with E-state index in [0.717, 1.165) is 17.7 Å². The molecule has 0 bridgehead atoms. The number of benzene rings is 1. The van der Waals surface area contributed by atoms with Crippen molar-refractivity contribution in [2.45, 2.75) is 31.0 Å². The van der Waals surface area contributed by atoms with E-state index in [9.17, 15) is 14.0 Å². The van der Waals surface area contributed by atoms with Gasteiger partial charge in [0.25, 0.3) is 11.8 Å². The molecule has 2 aliphatic rings. The number of carbonyl (C=O) groups is 2. The molecule has 1 aliphatic heterocycles. The first-order valence-electron chi connectivity index (χ1n) is 7.18. The minimum Gasteiger partial charge on any atom is -0.436 e. The van der Waals surface area contributed by atoms with Gasteiger partial charge in [0.1, 0.15) is 5.75 Å². The number of hydrogen-bond acceptors (Lipinski definition) is 3. The largest absolute Gasteiger partial charge is 0.436 e. The van der Waals surface area contributed by atoms with Crippen LogP contribution in [0.1, 0.15) is 25.7 Å². The van der Waals surface area contributed by atoms with E-state index in [1.54, 1.807) is 5.92 Å². The third-order valence-electron chi connectivity index (χ3n) is 3.90. The molecule has 0 saturated carbocycles. The van der Waals surface area contributed by atoms with E-state index < -0.39 is 5.31 Å². The molecule has 118 valence electrons. The van der Waals surface area contributed by atoms with Crippen LogP contribution in [0.3, 0.4) is 0 Å². The summed E-state index contributed by atoms with van der Waals surface area (Å²) < 4.78 is 18.2. The predicted octanol–water partition coefficient (Wildman–Crippen LogP) is 3.30. The van der Waals surface area contributed by atoms with Gasteiger partial charge in [0, 0.05) is 11.1 Å². The number of hydrogen-bond donors (Lipinski definition) is 0. The highest BCUT2D eigenvalue weighted by molar-refractivity contribution is 6.33. The number of ether oxygens (including phenoxy) is 1. The van der Waals surface area contributed by atoms with Gasteiger partial charge in [-0.25, -0.2) is 4.90 Å². The van der Waals surface area contributed by atoms with Gasteiger partial charge in [-0.1, -0.05) is 0 Å². The second-order valence-electron chi connectivity index (χ2n) is 5.37. The summed E-state index contributed by atoms with van der Waals surface area (Å²) in [7, 11) is 0. The number of amides is 2. The fraction of sp³-hybridized carbons (Fsp3) is 0.294. The lowest BCUT2D eigenvalue weighted by Crippen LogP contribution is -2.31. The molecule has 1 aromatic carbocycles. The summed E-state index contributed by atoms with van der Waals surface area (Å²) in [5.41, 5.74) is 1.62. The Hall–Kier alpha value is -2.32. The summed E-state index contributed by atoms with van der Waals surface area (Å²) in [5, 5.41) is -2.73. The van der Waals surface area contributed by atoms with E-state index in [0.29, 0.717) is 29.7 Å².